The van der Waals surface area contributed by atoms with Crippen LogP contribution in [-0.4, -0.2) is 17.0 Å². The maximum absolute atomic E-state index is 13.6. The van der Waals surface area contributed by atoms with Gasteiger partial charge < -0.3 is 5.11 Å². The molecule has 0 radical (unpaired) electrons. The normalized spacial score (nSPS) is 12.2. The van der Waals surface area contributed by atoms with Crippen LogP contribution in [0.1, 0.15) is 48.4 Å². The molecule has 0 bridgehead atoms. The summed E-state index contributed by atoms with van der Waals surface area (Å²) in [5, 5.41) is 9.65. The summed E-state index contributed by atoms with van der Waals surface area (Å²) in [5.74, 6) is -0.131. The molecule has 3 heteroatoms. The predicted octanol–water partition coefficient (Wildman–Crippen LogP) is 5.08. The molecule has 0 aliphatic rings. The van der Waals surface area contributed by atoms with Gasteiger partial charge in [0.2, 0.25) is 0 Å². The quantitative estimate of drug-likeness (QED) is 0.762. The molecule has 2 aromatic rings. The van der Waals surface area contributed by atoms with Gasteiger partial charge in [-0.25, -0.2) is 4.39 Å². The van der Waals surface area contributed by atoms with E-state index in [9.17, 15) is 14.3 Å². The van der Waals surface area contributed by atoms with E-state index in [-0.39, 0.29) is 18.0 Å². The molecule has 0 aliphatic carbocycles. The van der Waals surface area contributed by atoms with Crippen LogP contribution >= 0.6 is 0 Å². The van der Waals surface area contributed by atoms with Gasteiger partial charge in [-0.05, 0) is 73.6 Å². The van der Waals surface area contributed by atoms with Crippen molar-refractivity contribution in [2.45, 2.75) is 59.5 Å². The third-order valence-corrected chi connectivity index (χ3v) is 4.67. The predicted molar refractivity (Wildman–Crippen MR) is 100 cm³/mol. The van der Waals surface area contributed by atoms with Crippen LogP contribution in [0.25, 0.3) is 11.1 Å². The Morgan fingerprint density at radius 3 is 2.48 bits per heavy atom. The van der Waals surface area contributed by atoms with Crippen molar-refractivity contribution in [2.75, 3.05) is 0 Å². The molecule has 2 aromatic carbocycles. The Labute approximate surface area is 149 Å². The van der Waals surface area contributed by atoms with Gasteiger partial charge in [0.1, 0.15) is 11.6 Å². The number of rotatable bonds is 7. The molecular weight excluding hydrogens is 315 g/mol. The van der Waals surface area contributed by atoms with Crippen molar-refractivity contribution in [3.8, 4) is 11.1 Å². The summed E-state index contributed by atoms with van der Waals surface area (Å²) >= 11 is 0. The lowest BCUT2D eigenvalue weighted by atomic mass is 9.89. The number of hydrogen-bond donors (Lipinski definition) is 1. The minimum absolute atomic E-state index is 0.0792. The lowest BCUT2D eigenvalue weighted by Gasteiger charge is -2.15. The van der Waals surface area contributed by atoms with Crippen molar-refractivity contribution in [3.05, 3.63) is 58.4 Å². The van der Waals surface area contributed by atoms with Crippen molar-refractivity contribution in [1.29, 1.82) is 0 Å². The molecule has 0 aromatic heterocycles. The van der Waals surface area contributed by atoms with Crippen LogP contribution in [0.5, 0.6) is 0 Å². The Morgan fingerprint density at radius 2 is 1.84 bits per heavy atom. The Balaban J connectivity index is 2.31. The number of carbonyl (C=O) groups is 1. The smallest absolute Gasteiger partial charge is 0.135 e. The van der Waals surface area contributed by atoms with E-state index in [4.69, 9.17) is 0 Å². The van der Waals surface area contributed by atoms with Crippen molar-refractivity contribution < 1.29 is 14.3 Å². The highest BCUT2D eigenvalue weighted by Gasteiger charge is 2.14. The number of aryl methyl sites for hydroxylation is 3. The average molecular weight is 342 g/mol. The van der Waals surface area contributed by atoms with Crippen molar-refractivity contribution in [2.24, 2.45) is 0 Å². The van der Waals surface area contributed by atoms with Crippen LogP contribution in [0.2, 0.25) is 0 Å². The molecule has 134 valence electrons. The Bertz CT molecular complexity index is 765. The first-order valence-corrected chi connectivity index (χ1v) is 8.88. The van der Waals surface area contributed by atoms with Gasteiger partial charge in [-0.1, -0.05) is 30.7 Å². The van der Waals surface area contributed by atoms with E-state index in [1.54, 1.807) is 13.0 Å². The third-order valence-electron chi connectivity index (χ3n) is 4.67. The number of Topliss-reactive ketones (excluding diaryl/α,β-unsaturated/α-hetero) is 1. The number of carbonyl (C=O) groups excluding carboxylic acids is 1. The van der Waals surface area contributed by atoms with Crippen LogP contribution in [-0.2, 0) is 11.2 Å². The van der Waals surface area contributed by atoms with Crippen LogP contribution in [0, 0.1) is 26.6 Å². The first-order chi connectivity index (χ1) is 11.8. The fourth-order valence-electron chi connectivity index (χ4n) is 3.17. The van der Waals surface area contributed by atoms with Crippen molar-refractivity contribution in [3.63, 3.8) is 0 Å². The number of benzene rings is 2. The summed E-state index contributed by atoms with van der Waals surface area (Å²) in [6.45, 7) is 7.72. The lowest BCUT2D eigenvalue weighted by Crippen LogP contribution is -2.13. The molecule has 2 rings (SSSR count). The highest BCUT2D eigenvalue weighted by Crippen LogP contribution is 2.30. The van der Waals surface area contributed by atoms with E-state index in [2.05, 4.69) is 12.1 Å². The van der Waals surface area contributed by atoms with E-state index in [1.807, 2.05) is 26.8 Å². The average Bonchev–Trinajstić information content (AvgIpc) is 2.55. The lowest BCUT2D eigenvalue weighted by molar-refractivity contribution is -0.120. The SMILES string of the molecule is CCC(O)CC(=O)CCc1c(C)cc(C)cc1-c1ccc(F)c(C)c1. The number of halogens is 1. The second-order valence-corrected chi connectivity index (χ2v) is 6.88. The highest BCUT2D eigenvalue weighted by molar-refractivity contribution is 5.80. The van der Waals surface area contributed by atoms with Crippen molar-refractivity contribution in [1.82, 2.24) is 0 Å². The molecule has 0 aliphatic heterocycles. The molecule has 2 nitrogen and oxygen atoms in total. The van der Waals surface area contributed by atoms with E-state index in [0.717, 1.165) is 27.8 Å². The second-order valence-electron chi connectivity index (χ2n) is 6.88. The zero-order chi connectivity index (χ0) is 18.6. The van der Waals surface area contributed by atoms with Gasteiger partial charge in [0, 0.05) is 12.8 Å². The Morgan fingerprint density at radius 1 is 1.12 bits per heavy atom. The highest BCUT2D eigenvalue weighted by atomic mass is 19.1. The van der Waals surface area contributed by atoms with Gasteiger partial charge in [-0.2, -0.15) is 0 Å². The third kappa shape index (κ3) is 4.99. The summed E-state index contributed by atoms with van der Waals surface area (Å²) in [6, 6.07) is 9.36. The molecule has 1 atom stereocenters. The maximum Gasteiger partial charge on any atom is 0.135 e. The molecule has 1 unspecified atom stereocenters. The number of aliphatic hydroxyl groups is 1. The molecule has 0 amide bonds. The largest absolute Gasteiger partial charge is 0.393 e. The van der Waals surface area contributed by atoms with Crippen LogP contribution in [0.4, 0.5) is 4.39 Å². The van der Waals surface area contributed by atoms with Gasteiger partial charge in [0.25, 0.3) is 0 Å². The molecular formula is C22H27FO2. The minimum Gasteiger partial charge on any atom is -0.393 e. The van der Waals surface area contributed by atoms with Crippen LogP contribution < -0.4 is 0 Å². The summed E-state index contributed by atoms with van der Waals surface area (Å²) in [7, 11) is 0. The van der Waals surface area contributed by atoms with Gasteiger partial charge in [-0.15, -0.1) is 0 Å². The van der Waals surface area contributed by atoms with E-state index < -0.39 is 6.10 Å². The molecule has 0 spiro atoms. The van der Waals surface area contributed by atoms with Gasteiger partial charge >= 0.3 is 0 Å². The van der Waals surface area contributed by atoms with E-state index in [1.165, 1.54) is 6.07 Å². The summed E-state index contributed by atoms with van der Waals surface area (Å²) in [4.78, 5) is 12.1. The van der Waals surface area contributed by atoms with Crippen LogP contribution in [0.15, 0.2) is 30.3 Å². The van der Waals surface area contributed by atoms with Crippen LogP contribution in [0.3, 0.4) is 0 Å². The summed E-state index contributed by atoms with van der Waals surface area (Å²) in [5.41, 5.74) is 6.05. The fourth-order valence-corrected chi connectivity index (χ4v) is 3.17. The minimum atomic E-state index is -0.550. The first-order valence-electron chi connectivity index (χ1n) is 8.88. The van der Waals surface area contributed by atoms with Crippen molar-refractivity contribution >= 4 is 5.78 Å². The van der Waals surface area contributed by atoms with Gasteiger partial charge in [-0.3, -0.25) is 4.79 Å². The monoisotopic (exact) mass is 342 g/mol. The number of aliphatic hydroxyl groups excluding tert-OH is 1. The van der Waals surface area contributed by atoms with E-state index >= 15 is 0 Å². The maximum atomic E-state index is 13.6. The summed E-state index contributed by atoms with van der Waals surface area (Å²) in [6.07, 6.45) is 1.30. The zero-order valence-electron chi connectivity index (χ0n) is 15.5. The summed E-state index contributed by atoms with van der Waals surface area (Å²) < 4.78 is 13.6. The molecule has 25 heavy (non-hydrogen) atoms. The molecule has 0 saturated heterocycles. The Kier molecular flexibility index (Phi) is 6.49. The molecule has 0 saturated carbocycles. The molecule has 0 fully saturated rings. The van der Waals surface area contributed by atoms with Gasteiger partial charge in [0.05, 0.1) is 6.10 Å². The standard InChI is InChI=1S/C22H27FO2/c1-5-18(24)13-19(25)7-8-20-15(3)10-14(2)11-21(20)17-6-9-22(23)16(4)12-17/h6,9-12,18,24H,5,7-8,13H2,1-4H3. The molecule has 0 heterocycles. The number of ketones is 1. The zero-order valence-corrected chi connectivity index (χ0v) is 15.5. The molecule has 1 N–H and O–H groups in total. The van der Waals surface area contributed by atoms with E-state index in [0.29, 0.717) is 24.8 Å². The topological polar surface area (TPSA) is 37.3 Å². The first kappa shape index (κ1) is 19.3. The fraction of sp³-hybridized carbons (Fsp3) is 0.409. The number of hydrogen-bond acceptors (Lipinski definition) is 2. The Hall–Kier alpha value is -2.00. The van der Waals surface area contributed by atoms with Gasteiger partial charge in [0.15, 0.2) is 0 Å². The second kappa shape index (κ2) is 8.39.